The van der Waals surface area contributed by atoms with Gasteiger partial charge in [-0.05, 0) is 24.3 Å². The molecular formula is C22H40O. The molecule has 1 aliphatic carbocycles. The number of unbranched alkanes of at least 4 members (excludes halogenated alkanes) is 4. The first-order chi connectivity index (χ1) is 11.3. The Hall–Kier alpha value is -0.820. The molecular weight excluding hydrogens is 280 g/mol. The Morgan fingerprint density at radius 2 is 1.43 bits per heavy atom. The van der Waals surface area contributed by atoms with Gasteiger partial charge in [0.2, 0.25) is 0 Å². The van der Waals surface area contributed by atoms with Crippen molar-refractivity contribution in [1.82, 2.24) is 0 Å². The third-order valence-corrected chi connectivity index (χ3v) is 4.60. The van der Waals surface area contributed by atoms with Crippen molar-refractivity contribution in [2.75, 3.05) is 6.61 Å². The molecule has 23 heavy (non-hydrogen) atoms. The Labute approximate surface area is 145 Å². The topological polar surface area (TPSA) is 20.2 Å². The van der Waals surface area contributed by atoms with Crippen molar-refractivity contribution < 1.29 is 5.11 Å². The van der Waals surface area contributed by atoms with Crippen molar-refractivity contribution in [3.8, 4) is 0 Å². The lowest BCUT2D eigenvalue weighted by Crippen LogP contribution is -2.13. The summed E-state index contributed by atoms with van der Waals surface area (Å²) >= 11 is 0. The van der Waals surface area contributed by atoms with Crippen molar-refractivity contribution >= 4 is 0 Å². The van der Waals surface area contributed by atoms with Crippen LogP contribution >= 0.6 is 0 Å². The number of hydrogen-bond acceptors (Lipinski definition) is 1. The van der Waals surface area contributed by atoms with Crippen LogP contribution in [-0.4, -0.2) is 11.7 Å². The second-order valence-corrected chi connectivity index (χ2v) is 6.30. The van der Waals surface area contributed by atoms with Crippen LogP contribution in [-0.2, 0) is 0 Å². The van der Waals surface area contributed by atoms with Gasteiger partial charge in [0.1, 0.15) is 0 Å². The molecule has 1 aromatic rings. The van der Waals surface area contributed by atoms with Crippen LogP contribution in [0.5, 0.6) is 0 Å². The van der Waals surface area contributed by atoms with Crippen LogP contribution in [0.2, 0.25) is 0 Å². The lowest BCUT2D eigenvalue weighted by atomic mass is 9.85. The molecule has 1 nitrogen and oxygen atoms in total. The molecule has 0 amide bonds. The summed E-state index contributed by atoms with van der Waals surface area (Å²) in [6.07, 6.45) is 12.3. The predicted molar refractivity (Wildman–Crippen MR) is 104 cm³/mol. The zero-order valence-electron chi connectivity index (χ0n) is 16.1. The fourth-order valence-electron chi connectivity index (χ4n) is 3.26. The summed E-state index contributed by atoms with van der Waals surface area (Å²) in [5, 5.41) is 9.44. The monoisotopic (exact) mass is 320 g/mol. The van der Waals surface area contributed by atoms with Gasteiger partial charge < -0.3 is 5.11 Å². The Balaban J connectivity index is 0.000000460. The summed E-state index contributed by atoms with van der Waals surface area (Å²) in [5.41, 5.74) is 1.31. The predicted octanol–water partition coefficient (Wildman–Crippen LogP) is 6.96. The van der Waals surface area contributed by atoms with Crippen molar-refractivity contribution in [2.24, 2.45) is 5.92 Å². The molecule has 2 rings (SSSR count). The zero-order valence-corrected chi connectivity index (χ0v) is 16.1. The summed E-state index contributed by atoms with van der Waals surface area (Å²) < 4.78 is 0. The highest BCUT2D eigenvalue weighted by molar-refractivity contribution is 5.20. The van der Waals surface area contributed by atoms with E-state index in [0.29, 0.717) is 18.4 Å². The zero-order chi connectivity index (χ0) is 17.3. The van der Waals surface area contributed by atoms with Crippen molar-refractivity contribution in [3.05, 3.63) is 35.9 Å². The van der Waals surface area contributed by atoms with Gasteiger partial charge in [-0.3, -0.25) is 0 Å². The third kappa shape index (κ3) is 9.81. The molecule has 1 atom stereocenters. The largest absolute Gasteiger partial charge is 0.396 e. The summed E-state index contributed by atoms with van der Waals surface area (Å²) in [6, 6.07) is 10.4. The van der Waals surface area contributed by atoms with Crippen LogP contribution in [0.15, 0.2) is 30.3 Å². The molecule has 0 spiro atoms. The highest BCUT2D eigenvalue weighted by Gasteiger charge is 2.25. The molecule has 1 heteroatoms. The number of rotatable bonds is 7. The van der Waals surface area contributed by atoms with E-state index in [9.17, 15) is 5.11 Å². The summed E-state index contributed by atoms with van der Waals surface area (Å²) in [6.45, 7) is 8.79. The molecule has 0 aliphatic heterocycles. The van der Waals surface area contributed by atoms with Crippen molar-refractivity contribution in [2.45, 2.75) is 91.4 Å². The van der Waals surface area contributed by atoms with E-state index in [1.807, 2.05) is 19.9 Å². The van der Waals surface area contributed by atoms with E-state index in [1.165, 1.54) is 63.4 Å². The Bertz CT molecular complexity index is 323. The minimum Gasteiger partial charge on any atom is -0.396 e. The maximum absolute atomic E-state index is 9.44. The van der Waals surface area contributed by atoms with Crippen LogP contribution < -0.4 is 0 Å². The van der Waals surface area contributed by atoms with E-state index in [1.54, 1.807) is 0 Å². The lowest BCUT2D eigenvalue weighted by molar-refractivity contribution is 0.226. The first-order valence-electron chi connectivity index (χ1n) is 9.99. The quantitative estimate of drug-likeness (QED) is 0.538. The molecule has 1 saturated carbocycles. The standard InChI is InChI=1S/C13H18O.C7H16.C2H6/c14-10-13(12-8-4-5-9-12)11-6-2-1-3-7-11;1-3-5-7-6-4-2;1-2/h1-3,6-7,12-14H,4-5,8-10H2;3-7H2,1-2H3;1-2H3. The lowest BCUT2D eigenvalue weighted by Gasteiger charge is -2.21. The maximum Gasteiger partial charge on any atom is 0.0502 e. The first kappa shape index (κ1) is 22.2. The normalized spacial score (nSPS) is 15.2. The highest BCUT2D eigenvalue weighted by Crippen LogP contribution is 2.36. The Kier molecular flexibility index (Phi) is 15.5. The van der Waals surface area contributed by atoms with Crippen LogP contribution in [0.1, 0.15) is 97.0 Å². The smallest absolute Gasteiger partial charge is 0.0502 e. The van der Waals surface area contributed by atoms with Crippen LogP contribution in [0.3, 0.4) is 0 Å². The third-order valence-electron chi connectivity index (χ3n) is 4.60. The Morgan fingerprint density at radius 3 is 1.87 bits per heavy atom. The molecule has 0 heterocycles. The number of aliphatic hydroxyl groups is 1. The second kappa shape index (κ2) is 16.1. The van der Waals surface area contributed by atoms with Gasteiger partial charge in [0.15, 0.2) is 0 Å². The molecule has 1 unspecified atom stereocenters. The second-order valence-electron chi connectivity index (χ2n) is 6.30. The molecule has 1 N–H and O–H groups in total. The minimum atomic E-state index is 0.300. The molecule has 134 valence electrons. The van der Waals surface area contributed by atoms with E-state index in [-0.39, 0.29) is 0 Å². The summed E-state index contributed by atoms with van der Waals surface area (Å²) in [4.78, 5) is 0. The molecule has 1 aromatic carbocycles. The number of hydrogen-bond donors (Lipinski definition) is 1. The molecule has 1 aliphatic rings. The van der Waals surface area contributed by atoms with E-state index >= 15 is 0 Å². The first-order valence-corrected chi connectivity index (χ1v) is 9.99. The van der Waals surface area contributed by atoms with Crippen LogP contribution in [0.25, 0.3) is 0 Å². The van der Waals surface area contributed by atoms with Gasteiger partial charge in [-0.1, -0.05) is 103 Å². The average Bonchev–Trinajstić information content (AvgIpc) is 3.14. The van der Waals surface area contributed by atoms with Gasteiger partial charge >= 0.3 is 0 Å². The van der Waals surface area contributed by atoms with Gasteiger partial charge in [-0.15, -0.1) is 0 Å². The molecule has 0 aromatic heterocycles. The fraction of sp³-hybridized carbons (Fsp3) is 0.727. The van der Waals surface area contributed by atoms with E-state index in [2.05, 4.69) is 38.1 Å². The molecule has 1 fully saturated rings. The maximum atomic E-state index is 9.44. The van der Waals surface area contributed by atoms with Gasteiger partial charge in [-0.2, -0.15) is 0 Å². The van der Waals surface area contributed by atoms with E-state index < -0.39 is 0 Å². The number of benzene rings is 1. The van der Waals surface area contributed by atoms with Gasteiger partial charge in [0.05, 0.1) is 6.61 Å². The average molecular weight is 321 g/mol. The SMILES string of the molecule is CC.CCCCCCC.OCC(c1ccccc1)C1CCCC1. The van der Waals surface area contributed by atoms with Crippen molar-refractivity contribution in [1.29, 1.82) is 0 Å². The minimum absolute atomic E-state index is 0.300. The Morgan fingerprint density at radius 1 is 0.913 bits per heavy atom. The highest BCUT2D eigenvalue weighted by atomic mass is 16.3. The number of aliphatic hydroxyl groups excluding tert-OH is 1. The van der Waals surface area contributed by atoms with Gasteiger partial charge in [-0.25, -0.2) is 0 Å². The van der Waals surface area contributed by atoms with E-state index in [4.69, 9.17) is 0 Å². The van der Waals surface area contributed by atoms with Crippen LogP contribution in [0, 0.1) is 5.92 Å². The van der Waals surface area contributed by atoms with E-state index in [0.717, 1.165) is 0 Å². The molecule has 0 radical (unpaired) electrons. The van der Waals surface area contributed by atoms with Crippen molar-refractivity contribution in [3.63, 3.8) is 0 Å². The van der Waals surface area contributed by atoms with Crippen LogP contribution in [0.4, 0.5) is 0 Å². The summed E-state index contributed by atoms with van der Waals surface area (Å²) in [5.74, 6) is 1.08. The molecule has 0 saturated heterocycles. The summed E-state index contributed by atoms with van der Waals surface area (Å²) in [7, 11) is 0. The van der Waals surface area contributed by atoms with Gasteiger partial charge in [0, 0.05) is 5.92 Å². The molecule has 0 bridgehead atoms. The fourth-order valence-corrected chi connectivity index (χ4v) is 3.26. The van der Waals surface area contributed by atoms with Gasteiger partial charge in [0.25, 0.3) is 0 Å².